The van der Waals surface area contributed by atoms with E-state index < -0.39 is 22.1 Å². The van der Waals surface area contributed by atoms with E-state index in [0.29, 0.717) is 30.9 Å². The van der Waals surface area contributed by atoms with Gasteiger partial charge in [-0.15, -0.1) is 0 Å². The fourth-order valence-corrected chi connectivity index (χ4v) is 5.00. The smallest absolute Gasteiger partial charge is 0.323 e. The maximum atomic E-state index is 14.5. The normalized spacial score (nSPS) is 25.2. The number of anilines is 1. The molecule has 1 aliphatic heterocycles. The highest BCUT2D eigenvalue weighted by atomic mass is 32.2. The lowest BCUT2D eigenvalue weighted by Crippen LogP contribution is -2.32. The summed E-state index contributed by atoms with van der Waals surface area (Å²) in [4.78, 5) is 15.8. The summed E-state index contributed by atoms with van der Waals surface area (Å²) < 4.78 is 45.2. The molecular formula is C22H29FN2O4S. The number of rotatable bonds is 8. The van der Waals surface area contributed by atoms with Crippen molar-refractivity contribution in [1.82, 2.24) is 4.90 Å². The van der Waals surface area contributed by atoms with Gasteiger partial charge in [-0.2, -0.15) is 8.42 Å². The van der Waals surface area contributed by atoms with Crippen molar-refractivity contribution in [2.24, 2.45) is 11.8 Å². The van der Waals surface area contributed by atoms with E-state index in [2.05, 4.69) is 0 Å². The summed E-state index contributed by atoms with van der Waals surface area (Å²) in [5.41, 5.74) is 1.13. The van der Waals surface area contributed by atoms with Gasteiger partial charge in [-0.3, -0.25) is 9.08 Å². The minimum absolute atomic E-state index is 0.00396. The first-order chi connectivity index (χ1) is 14.2. The van der Waals surface area contributed by atoms with Crippen molar-refractivity contribution in [2.75, 3.05) is 24.5 Å². The Morgan fingerprint density at radius 1 is 1.27 bits per heavy atom. The van der Waals surface area contributed by atoms with E-state index >= 15 is 0 Å². The second kappa shape index (κ2) is 8.89. The fourth-order valence-electron chi connectivity index (χ4n) is 3.84. The number of hydrogen-bond acceptors (Lipinski definition) is 4. The molecule has 2 amide bonds. The monoisotopic (exact) mass is 436 g/mol. The van der Waals surface area contributed by atoms with Crippen LogP contribution in [0.3, 0.4) is 0 Å². The van der Waals surface area contributed by atoms with Crippen molar-refractivity contribution < 1.29 is 21.8 Å². The number of hydrogen-bond donors (Lipinski definition) is 0. The number of carbonyl (C=O) groups excluding carboxylic acids is 1. The molecule has 1 saturated carbocycles. The second-order valence-electron chi connectivity index (χ2n) is 7.85. The number of nitrogens with zero attached hydrogens (tertiary/aromatic N) is 2. The minimum Gasteiger partial charge on any atom is -0.323 e. The maximum absolute atomic E-state index is 14.5. The summed E-state index contributed by atoms with van der Waals surface area (Å²) in [6.45, 7) is 9.18. The molecule has 2 aliphatic rings. The second-order valence-corrected chi connectivity index (χ2v) is 9.42. The van der Waals surface area contributed by atoms with Gasteiger partial charge in [-0.1, -0.05) is 26.0 Å². The molecule has 1 heterocycles. The summed E-state index contributed by atoms with van der Waals surface area (Å²) in [5.74, 6) is -1.10. The number of halogens is 1. The van der Waals surface area contributed by atoms with Crippen LogP contribution in [0.25, 0.3) is 0 Å². The fraction of sp³-hybridized carbons (Fsp3) is 0.500. The zero-order valence-corrected chi connectivity index (χ0v) is 18.7. The Hall–Kier alpha value is -2.19. The van der Waals surface area contributed by atoms with E-state index in [9.17, 15) is 17.6 Å². The summed E-state index contributed by atoms with van der Waals surface area (Å²) in [7, 11) is -4.03. The van der Waals surface area contributed by atoms with Gasteiger partial charge in [0.15, 0.2) is 0 Å². The highest BCUT2D eigenvalue weighted by molar-refractivity contribution is 7.86. The van der Waals surface area contributed by atoms with Crippen molar-refractivity contribution in [1.29, 1.82) is 0 Å². The molecule has 2 fully saturated rings. The van der Waals surface area contributed by atoms with Crippen LogP contribution in [0.15, 0.2) is 52.7 Å². The third-order valence-electron chi connectivity index (χ3n) is 5.65. The van der Waals surface area contributed by atoms with Gasteiger partial charge in [0.2, 0.25) is 0 Å². The Morgan fingerprint density at radius 3 is 2.53 bits per heavy atom. The molecule has 3 rings (SSSR count). The molecule has 1 aromatic rings. The lowest BCUT2D eigenvalue weighted by molar-refractivity contribution is 0.220. The lowest BCUT2D eigenvalue weighted by atomic mass is 10.2. The first-order valence-corrected chi connectivity index (χ1v) is 11.7. The first kappa shape index (κ1) is 22.5. The van der Waals surface area contributed by atoms with E-state index in [1.54, 1.807) is 54.9 Å². The van der Waals surface area contributed by atoms with E-state index in [1.165, 1.54) is 12.1 Å². The van der Waals surface area contributed by atoms with Gasteiger partial charge in [0.05, 0.1) is 11.0 Å². The molecule has 0 bridgehead atoms. The van der Waals surface area contributed by atoms with Crippen LogP contribution in [0.4, 0.5) is 14.9 Å². The van der Waals surface area contributed by atoms with Crippen LogP contribution in [-0.4, -0.2) is 45.1 Å². The molecule has 6 nitrogen and oxygen atoms in total. The molecule has 3 unspecified atom stereocenters. The van der Waals surface area contributed by atoms with E-state index in [1.807, 2.05) is 6.92 Å². The van der Waals surface area contributed by atoms with Crippen LogP contribution >= 0.6 is 0 Å². The van der Waals surface area contributed by atoms with Gasteiger partial charge in [-0.05, 0) is 56.0 Å². The number of amides is 2. The molecule has 1 saturated heterocycles. The molecular weight excluding hydrogens is 407 g/mol. The van der Waals surface area contributed by atoms with Crippen molar-refractivity contribution >= 4 is 21.8 Å². The predicted octanol–water partition coefficient (Wildman–Crippen LogP) is 4.50. The van der Waals surface area contributed by atoms with Crippen LogP contribution < -0.4 is 4.90 Å². The van der Waals surface area contributed by atoms with Crippen molar-refractivity contribution in [3.8, 4) is 0 Å². The quantitative estimate of drug-likeness (QED) is 0.445. The topological polar surface area (TPSA) is 66.9 Å². The molecule has 1 aromatic carbocycles. The summed E-state index contributed by atoms with van der Waals surface area (Å²) in [6.07, 6.45) is 3.57. The minimum atomic E-state index is -4.03. The molecule has 0 N–H and O–H groups in total. The van der Waals surface area contributed by atoms with Crippen molar-refractivity contribution in [3.63, 3.8) is 0 Å². The molecule has 8 heteroatoms. The van der Waals surface area contributed by atoms with Crippen molar-refractivity contribution in [3.05, 3.63) is 47.8 Å². The predicted molar refractivity (Wildman–Crippen MR) is 114 cm³/mol. The third-order valence-corrected chi connectivity index (χ3v) is 6.97. The highest BCUT2D eigenvalue weighted by Gasteiger charge is 2.53. The van der Waals surface area contributed by atoms with Gasteiger partial charge >= 0.3 is 6.03 Å². The molecule has 1 aliphatic carbocycles. The molecule has 0 spiro atoms. The Bertz CT molecular complexity index is 956. The van der Waals surface area contributed by atoms with Gasteiger partial charge in [0, 0.05) is 31.2 Å². The lowest BCUT2D eigenvalue weighted by Gasteiger charge is -2.18. The Labute approximate surface area is 178 Å². The van der Waals surface area contributed by atoms with E-state index in [0.717, 1.165) is 6.42 Å². The highest BCUT2D eigenvalue weighted by Crippen LogP contribution is 2.49. The largest absolute Gasteiger partial charge is 0.324 e. The van der Waals surface area contributed by atoms with Gasteiger partial charge in [-0.25, -0.2) is 9.18 Å². The number of allylic oxidation sites excluding steroid dienone is 3. The average Bonchev–Trinajstić information content (AvgIpc) is 3.17. The summed E-state index contributed by atoms with van der Waals surface area (Å²) in [6, 6.07) is 6.00. The van der Waals surface area contributed by atoms with Crippen LogP contribution in [0.2, 0.25) is 0 Å². The molecule has 3 atom stereocenters. The molecule has 0 radical (unpaired) electrons. The Balaban J connectivity index is 1.69. The molecule has 164 valence electrons. The van der Waals surface area contributed by atoms with Crippen LogP contribution in [0.1, 0.15) is 34.1 Å². The number of urea groups is 1. The van der Waals surface area contributed by atoms with Gasteiger partial charge in [0.25, 0.3) is 10.1 Å². The maximum Gasteiger partial charge on any atom is 0.324 e. The van der Waals surface area contributed by atoms with E-state index in [-0.39, 0.29) is 22.7 Å². The van der Waals surface area contributed by atoms with E-state index in [4.69, 9.17) is 4.18 Å². The zero-order chi connectivity index (χ0) is 22.1. The standard InChI is InChI=1S/C22H29FN2O4S/c1-5-7-15(3)20(23)19-16(4)21(19)29-30(27,28)18-10-8-17(9-11-18)25-14-13-24(12-6-2)22(25)26/h5,7-11,16,19,21H,6,12-14H2,1-4H3. The van der Waals surface area contributed by atoms with Crippen LogP contribution in [0.5, 0.6) is 0 Å². The zero-order valence-electron chi connectivity index (χ0n) is 17.8. The van der Waals surface area contributed by atoms with Crippen molar-refractivity contribution in [2.45, 2.75) is 45.1 Å². The Kier molecular flexibility index (Phi) is 6.67. The van der Waals surface area contributed by atoms with Gasteiger partial charge in [0.1, 0.15) is 5.83 Å². The SMILES string of the molecule is CC=CC(C)=C(F)C1C(C)C1OS(=O)(=O)c1ccc(N2CCN(CCC)C2=O)cc1. The molecule has 30 heavy (non-hydrogen) atoms. The first-order valence-electron chi connectivity index (χ1n) is 10.3. The van der Waals surface area contributed by atoms with Crippen LogP contribution in [0, 0.1) is 11.8 Å². The van der Waals surface area contributed by atoms with Crippen LogP contribution in [-0.2, 0) is 14.3 Å². The third kappa shape index (κ3) is 4.44. The summed E-state index contributed by atoms with van der Waals surface area (Å²) >= 11 is 0. The average molecular weight is 437 g/mol. The van der Waals surface area contributed by atoms with Gasteiger partial charge < -0.3 is 4.90 Å². The number of carbonyl (C=O) groups is 1. The molecule has 0 aromatic heterocycles. The Morgan fingerprint density at radius 2 is 1.93 bits per heavy atom. The summed E-state index contributed by atoms with van der Waals surface area (Å²) in [5, 5.41) is 0. The number of benzene rings is 1.